The third kappa shape index (κ3) is 6.47. The van der Waals surface area contributed by atoms with Gasteiger partial charge in [-0.2, -0.15) is 0 Å². The zero-order valence-corrected chi connectivity index (χ0v) is 22.7. The number of nitrogens with one attached hydrogen (secondary N) is 1. The second-order valence-corrected chi connectivity index (χ2v) is 11.0. The highest BCUT2D eigenvalue weighted by molar-refractivity contribution is 5.76. The Labute approximate surface area is 227 Å². The molecule has 2 N–H and O–H groups in total. The molecule has 2 fully saturated rings. The Morgan fingerprint density at radius 3 is 2.68 bits per heavy atom. The van der Waals surface area contributed by atoms with Crippen molar-refractivity contribution >= 4 is 11.9 Å². The Morgan fingerprint density at radius 1 is 1.13 bits per heavy atom. The van der Waals surface area contributed by atoms with Crippen molar-refractivity contribution in [2.75, 3.05) is 19.6 Å². The highest BCUT2D eigenvalue weighted by atomic mass is 16.6. The topological polar surface area (TPSA) is 78.9 Å². The number of fused-ring (bicyclic) bond motifs is 1. The van der Waals surface area contributed by atoms with E-state index >= 15 is 0 Å². The molecule has 38 heavy (non-hydrogen) atoms. The van der Waals surface area contributed by atoms with Crippen molar-refractivity contribution < 1.29 is 19.4 Å². The maximum Gasteiger partial charge on any atom is 0.303 e. The number of esters is 1. The zero-order valence-electron chi connectivity index (χ0n) is 22.7. The van der Waals surface area contributed by atoms with Gasteiger partial charge in [-0.25, -0.2) is 0 Å². The number of phenolic OH excluding ortho intramolecular Hbond substituents is 1. The van der Waals surface area contributed by atoms with Crippen LogP contribution in [0.3, 0.4) is 0 Å². The van der Waals surface area contributed by atoms with Crippen LogP contribution in [-0.4, -0.2) is 53.2 Å². The van der Waals surface area contributed by atoms with Gasteiger partial charge < -0.3 is 15.2 Å². The van der Waals surface area contributed by atoms with Gasteiger partial charge in [-0.1, -0.05) is 55.0 Å². The van der Waals surface area contributed by atoms with Crippen molar-refractivity contribution in [1.82, 2.24) is 10.2 Å². The predicted molar refractivity (Wildman–Crippen MR) is 150 cm³/mol. The fourth-order valence-corrected chi connectivity index (χ4v) is 6.69. The summed E-state index contributed by atoms with van der Waals surface area (Å²) in [4.78, 5) is 27.6. The van der Waals surface area contributed by atoms with Crippen molar-refractivity contribution in [3.63, 3.8) is 0 Å². The summed E-state index contributed by atoms with van der Waals surface area (Å²) in [7, 11) is 0. The minimum Gasteiger partial charge on any atom is -0.508 e. The van der Waals surface area contributed by atoms with Crippen LogP contribution >= 0.6 is 0 Å². The lowest BCUT2D eigenvalue weighted by molar-refractivity contribution is -0.186. The Morgan fingerprint density at radius 2 is 1.95 bits per heavy atom. The molecule has 0 spiro atoms. The lowest BCUT2D eigenvalue weighted by Gasteiger charge is -2.59. The van der Waals surface area contributed by atoms with E-state index in [2.05, 4.69) is 41.1 Å². The Balaban J connectivity index is 1.44. The number of rotatable bonds is 11. The number of benzene rings is 2. The standard InChI is InChI=1S/C32H42N2O4/c1-3-20-34-21-19-31(27-14-10-15-29(36)22-27)23-28(17-18-32(31,24-34)38-25(2)35)33-30(37)16-9-5-8-13-26-11-6-4-7-12-26/h3-4,6-7,10-12,14-15,22,28,36H,1,5,8-9,13,16-21,23-24H2,2H3,(H,33,37). The monoisotopic (exact) mass is 518 g/mol. The van der Waals surface area contributed by atoms with Gasteiger partial charge in [0.2, 0.25) is 5.91 Å². The van der Waals surface area contributed by atoms with Gasteiger partial charge in [0.05, 0.1) is 0 Å². The van der Waals surface area contributed by atoms with E-state index in [-0.39, 0.29) is 23.7 Å². The van der Waals surface area contributed by atoms with E-state index in [0.29, 0.717) is 25.8 Å². The van der Waals surface area contributed by atoms with Gasteiger partial charge in [0.25, 0.3) is 0 Å². The summed E-state index contributed by atoms with van der Waals surface area (Å²) in [6, 6.07) is 17.8. The van der Waals surface area contributed by atoms with E-state index in [1.165, 1.54) is 12.5 Å². The molecule has 3 unspecified atom stereocenters. The number of carbonyl (C=O) groups excluding carboxylic acids is 2. The van der Waals surface area contributed by atoms with Crippen LogP contribution in [0.25, 0.3) is 0 Å². The molecular weight excluding hydrogens is 476 g/mol. The van der Waals surface area contributed by atoms with Crippen molar-refractivity contribution in [1.29, 1.82) is 0 Å². The fraction of sp³-hybridized carbons (Fsp3) is 0.500. The van der Waals surface area contributed by atoms with Gasteiger partial charge in [0, 0.05) is 37.9 Å². The first-order chi connectivity index (χ1) is 18.4. The van der Waals surface area contributed by atoms with Crippen LogP contribution in [0.5, 0.6) is 5.75 Å². The smallest absolute Gasteiger partial charge is 0.303 e. The lowest BCUT2D eigenvalue weighted by atomic mass is 9.55. The van der Waals surface area contributed by atoms with E-state index < -0.39 is 11.0 Å². The Kier molecular flexibility index (Phi) is 9.26. The molecule has 0 aromatic heterocycles. The molecule has 1 saturated heterocycles. The molecule has 4 rings (SSSR count). The largest absolute Gasteiger partial charge is 0.508 e. The number of aryl methyl sites for hydroxylation is 1. The van der Waals surface area contributed by atoms with Crippen molar-refractivity contribution in [3.8, 4) is 5.75 Å². The number of aromatic hydroxyl groups is 1. The molecule has 1 heterocycles. The summed E-state index contributed by atoms with van der Waals surface area (Å²) in [5, 5.41) is 13.7. The third-order valence-electron chi connectivity index (χ3n) is 8.40. The Bertz CT molecular complexity index is 1100. The lowest BCUT2D eigenvalue weighted by Crippen LogP contribution is -2.68. The number of hydrogen-bond donors (Lipinski definition) is 2. The molecule has 6 heteroatoms. The quantitative estimate of drug-likeness (QED) is 0.240. The third-order valence-corrected chi connectivity index (χ3v) is 8.40. The first-order valence-corrected chi connectivity index (χ1v) is 14.0. The van der Waals surface area contributed by atoms with Crippen LogP contribution in [0.4, 0.5) is 0 Å². The number of amides is 1. The number of ether oxygens (including phenoxy) is 1. The number of carbonyl (C=O) groups is 2. The number of piperidine rings is 1. The van der Waals surface area contributed by atoms with Gasteiger partial charge in [0.15, 0.2) is 0 Å². The summed E-state index contributed by atoms with van der Waals surface area (Å²) in [5.74, 6) is -0.0124. The van der Waals surface area contributed by atoms with Crippen LogP contribution in [-0.2, 0) is 26.2 Å². The molecule has 2 aliphatic rings. The first kappa shape index (κ1) is 27.9. The minimum absolute atomic E-state index is 0.0104. The minimum atomic E-state index is -0.730. The molecule has 0 radical (unpaired) electrons. The average Bonchev–Trinajstić information content (AvgIpc) is 2.89. The Hall–Kier alpha value is -3.12. The molecule has 3 atom stereocenters. The SMILES string of the molecule is C=CCN1CCC2(c3cccc(O)c3)CC(NC(=O)CCCCCc3ccccc3)CCC2(OC(C)=O)C1. The van der Waals surface area contributed by atoms with E-state index in [1.54, 1.807) is 12.1 Å². The van der Waals surface area contributed by atoms with Gasteiger partial charge in [-0.05, 0) is 74.8 Å². The molecule has 0 bridgehead atoms. The number of nitrogens with zero attached hydrogens (tertiary/aromatic N) is 1. The predicted octanol–water partition coefficient (Wildman–Crippen LogP) is 5.30. The van der Waals surface area contributed by atoms with Gasteiger partial charge in [0.1, 0.15) is 11.4 Å². The molecule has 1 amide bonds. The maximum absolute atomic E-state index is 12.9. The van der Waals surface area contributed by atoms with Crippen LogP contribution in [0.2, 0.25) is 0 Å². The summed E-state index contributed by atoms with van der Waals surface area (Å²) in [5.41, 5.74) is 1.08. The highest BCUT2D eigenvalue weighted by Gasteiger charge is 2.60. The summed E-state index contributed by atoms with van der Waals surface area (Å²) in [6.45, 7) is 7.53. The summed E-state index contributed by atoms with van der Waals surface area (Å²) >= 11 is 0. The highest BCUT2D eigenvalue weighted by Crippen LogP contribution is 2.54. The van der Waals surface area contributed by atoms with Crippen molar-refractivity contribution in [2.24, 2.45) is 0 Å². The van der Waals surface area contributed by atoms with E-state index in [9.17, 15) is 14.7 Å². The molecular formula is C32H42N2O4. The molecule has 2 aromatic carbocycles. The second-order valence-electron chi connectivity index (χ2n) is 11.0. The molecule has 1 aliphatic heterocycles. The summed E-state index contributed by atoms with van der Waals surface area (Å²) < 4.78 is 6.23. The van der Waals surface area contributed by atoms with Gasteiger partial charge >= 0.3 is 5.97 Å². The van der Waals surface area contributed by atoms with Crippen molar-refractivity contribution in [3.05, 3.63) is 78.4 Å². The van der Waals surface area contributed by atoms with Gasteiger partial charge in [-0.15, -0.1) is 6.58 Å². The van der Waals surface area contributed by atoms with Crippen LogP contribution in [0.15, 0.2) is 67.3 Å². The maximum atomic E-state index is 12.9. The molecule has 204 valence electrons. The number of unbranched alkanes of at least 4 members (excludes halogenated alkanes) is 2. The van der Waals surface area contributed by atoms with E-state index in [0.717, 1.165) is 57.2 Å². The molecule has 1 aliphatic carbocycles. The van der Waals surface area contributed by atoms with E-state index in [1.807, 2.05) is 24.3 Å². The number of hydrogen-bond acceptors (Lipinski definition) is 5. The average molecular weight is 519 g/mol. The van der Waals surface area contributed by atoms with Crippen LogP contribution < -0.4 is 5.32 Å². The second kappa shape index (κ2) is 12.6. The molecule has 2 aromatic rings. The van der Waals surface area contributed by atoms with Crippen molar-refractivity contribution in [2.45, 2.75) is 81.8 Å². The first-order valence-electron chi connectivity index (χ1n) is 14.0. The molecule has 1 saturated carbocycles. The van der Waals surface area contributed by atoms with E-state index in [4.69, 9.17) is 4.74 Å². The molecule has 6 nitrogen and oxygen atoms in total. The number of likely N-dealkylation sites (tertiary alicyclic amines) is 1. The van der Waals surface area contributed by atoms with Crippen LogP contribution in [0.1, 0.15) is 69.4 Å². The summed E-state index contributed by atoms with van der Waals surface area (Å²) in [6.07, 6.45) is 9.25. The van der Waals surface area contributed by atoms with Crippen LogP contribution in [0, 0.1) is 0 Å². The number of phenols is 1. The normalized spacial score (nSPS) is 25.2. The zero-order chi connectivity index (χ0) is 27.0. The fourth-order valence-electron chi connectivity index (χ4n) is 6.69. The van der Waals surface area contributed by atoms with Gasteiger partial charge in [-0.3, -0.25) is 14.5 Å².